The molecule has 1 N–H and O–H groups in total. The fraction of sp³-hybridized carbons (Fsp3) is 0.167. The van der Waals surface area contributed by atoms with Crippen LogP contribution in [0.3, 0.4) is 0 Å². The molecule has 0 saturated heterocycles. The van der Waals surface area contributed by atoms with Crippen LogP contribution in [0.25, 0.3) is 21.0 Å². The van der Waals surface area contributed by atoms with Crippen molar-refractivity contribution in [1.82, 2.24) is 14.8 Å². The maximum absolute atomic E-state index is 12.4. The van der Waals surface area contributed by atoms with Gasteiger partial charge in [0.25, 0.3) is 0 Å². The Bertz CT molecular complexity index is 1210. The first-order valence-electron chi connectivity index (χ1n) is 8.20. The van der Waals surface area contributed by atoms with Crippen molar-refractivity contribution in [2.24, 2.45) is 0 Å². The van der Waals surface area contributed by atoms with Crippen molar-refractivity contribution < 1.29 is 9.72 Å². The van der Waals surface area contributed by atoms with Gasteiger partial charge in [0.1, 0.15) is 17.9 Å². The van der Waals surface area contributed by atoms with Gasteiger partial charge in [-0.05, 0) is 25.3 Å². The Hall–Kier alpha value is -3.33. The van der Waals surface area contributed by atoms with Crippen molar-refractivity contribution in [2.75, 3.05) is 5.32 Å². The third-order valence-electron chi connectivity index (χ3n) is 4.35. The van der Waals surface area contributed by atoms with E-state index in [9.17, 15) is 14.9 Å². The van der Waals surface area contributed by atoms with E-state index in [1.807, 2.05) is 36.4 Å². The zero-order chi connectivity index (χ0) is 19.1. The summed E-state index contributed by atoms with van der Waals surface area (Å²) in [5, 5.41) is 20.5. The van der Waals surface area contributed by atoms with Crippen LogP contribution in [0.5, 0.6) is 0 Å². The summed E-state index contributed by atoms with van der Waals surface area (Å²) in [5.41, 5.74) is 1.42. The molecule has 0 aliphatic rings. The molecule has 27 heavy (non-hydrogen) atoms. The van der Waals surface area contributed by atoms with Gasteiger partial charge in [0.15, 0.2) is 5.13 Å². The quantitative estimate of drug-likeness (QED) is 0.428. The molecule has 0 radical (unpaired) electrons. The molecule has 0 atom stereocenters. The molecule has 0 aliphatic heterocycles. The summed E-state index contributed by atoms with van der Waals surface area (Å²) in [6, 6.07) is 11.9. The average molecular weight is 381 g/mol. The van der Waals surface area contributed by atoms with E-state index in [1.165, 1.54) is 16.0 Å². The van der Waals surface area contributed by atoms with Gasteiger partial charge < -0.3 is 5.32 Å². The van der Waals surface area contributed by atoms with Gasteiger partial charge in [-0.3, -0.25) is 19.6 Å². The minimum atomic E-state index is -0.481. The molecule has 4 rings (SSSR count). The minimum Gasteiger partial charge on any atom is -0.300 e. The van der Waals surface area contributed by atoms with Gasteiger partial charge in [0.2, 0.25) is 5.91 Å². The van der Waals surface area contributed by atoms with Crippen molar-refractivity contribution in [2.45, 2.75) is 20.4 Å². The van der Waals surface area contributed by atoms with Gasteiger partial charge in [0, 0.05) is 5.39 Å². The smallest absolute Gasteiger partial charge is 0.300 e. The Morgan fingerprint density at radius 2 is 2.04 bits per heavy atom. The number of thiazole rings is 1. The molecule has 136 valence electrons. The van der Waals surface area contributed by atoms with Crippen LogP contribution >= 0.6 is 11.3 Å². The predicted octanol–water partition coefficient (Wildman–Crippen LogP) is 3.81. The van der Waals surface area contributed by atoms with E-state index in [0.29, 0.717) is 10.8 Å². The van der Waals surface area contributed by atoms with Crippen molar-refractivity contribution in [1.29, 1.82) is 0 Å². The first-order chi connectivity index (χ1) is 12.9. The summed E-state index contributed by atoms with van der Waals surface area (Å²) in [5.74, 6) is -0.334. The Morgan fingerprint density at radius 1 is 1.26 bits per heavy atom. The number of rotatable bonds is 4. The maximum Gasteiger partial charge on any atom is 0.312 e. The molecule has 2 aromatic heterocycles. The van der Waals surface area contributed by atoms with Crippen LogP contribution < -0.4 is 5.32 Å². The van der Waals surface area contributed by atoms with Crippen LogP contribution in [0, 0.1) is 24.0 Å². The molecule has 9 heteroatoms. The number of aromatic nitrogens is 3. The molecule has 0 fully saturated rings. The molecule has 1 amide bonds. The van der Waals surface area contributed by atoms with Crippen molar-refractivity contribution in [3.63, 3.8) is 0 Å². The molecule has 0 unspecified atom stereocenters. The molecule has 4 aromatic rings. The molecule has 0 aliphatic carbocycles. The fourth-order valence-corrected chi connectivity index (χ4v) is 4.01. The molecular formula is C18H15N5O3S. The lowest BCUT2D eigenvalue weighted by atomic mass is 10.1. The number of aryl methyl sites for hydroxylation is 1. The molecule has 0 bridgehead atoms. The normalized spacial score (nSPS) is 11.2. The van der Waals surface area contributed by atoms with E-state index < -0.39 is 4.92 Å². The lowest BCUT2D eigenvalue weighted by Crippen LogP contribution is -2.20. The number of nitro groups is 1. The van der Waals surface area contributed by atoms with E-state index in [-0.39, 0.29) is 23.8 Å². The van der Waals surface area contributed by atoms with E-state index in [0.717, 1.165) is 21.0 Å². The monoisotopic (exact) mass is 381 g/mol. The number of carbonyl (C=O) groups is 1. The highest BCUT2D eigenvalue weighted by Gasteiger charge is 2.23. The van der Waals surface area contributed by atoms with Crippen LogP contribution in [0.2, 0.25) is 0 Å². The van der Waals surface area contributed by atoms with Crippen LogP contribution in [0.1, 0.15) is 11.4 Å². The molecule has 8 nitrogen and oxygen atoms in total. The maximum atomic E-state index is 12.4. The molecule has 0 saturated carbocycles. The van der Waals surface area contributed by atoms with Crippen LogP contribution in [-0.4, -0.2) is 25.6 Å². The largest absolute Gasteiger partial charge is 0.312 e. The zero-order valence-electron chi connectivity index (χ0n) is 14.6. The number of hydrogen-bond donors (Lipinski definition) is 1. The summed E-state index contributed by atoms with van der Waals surface area (Å²) < 4.78 is 2.32. The Morgan fingerprint density at radius 3 is 2.78 bits per heavy atom. The minimum absolute atomic E-state index is 0.0609. The molecule has 2 aromatic carbocycles. The van der Waals surface area contributed by atoms with Gasteiger partial charge in [-0.2, -0.15) is 5.10 Å². The topological polar surface area (TPSA) is 103 Å². The second kappa shape index (κ2) is 6.44. The number of amides is 1. The zero-order valence-corrected chi connectivity index (χ0v) is 15.4. The van der Waals surface area contributed by atoms with Gasteiger partial charge >= 0.3 is 5.69 Å². The number of hydrogen-bond acceptors (Lipinski definition) is 6. The SMILES string of the molecule is Cc1nn(CC(=O)Nc2nc3c(ccc4ccccc43)s2)c(C)c1[N+](=O)[O-]. The number of nitrogens with zero attached hydrogens (tertiary/aromatic N) is 4. The average Bonchev–Trinajstić information content (AvgIpc) is 3.15. The predicted molar refractivity (Wildman–Crippen MR) is 104 cm³/mol. The van der Waals surface area contributed by atoms with Crippen molar-refractivity contribution in [3.8, 4) is 0 Å². The van der Waals surface area contributed by atoms with Gasteiger partial charge in [-0.15, -0.1) is 0 Å². The van der Waals surface area contributed by atoms with E-state index >= 15 is 0 Å². The Kier molecular flexibility index (Phi) is 4.08. The second-order valence-corrected chi connectivity index (χ2v) is 7.17. The second-order valence-electron chi connectivity index (χ2n) is 6.13. The van der Waals surface area contributed by atoms with Crippen LogP contribution in [-0.2, 0) is 11.3 Å². The lowest BCUT2D eigenvalue weighted by Gasteiger charge is -2.03. The van der Waals surface area contributed by atoms with Crippen LogP contribution in [0.4, 0.5) is 10.8 Å². The van der Waals surface area contributed by atoms with E-state index in [2.05, 4.69) is 15.4 Å². The number of carbonyl (C=O) groups excluding carboxylic acids is 1. The first-order valence-corrected chi connectivity index (χ1v) is 9.02. The molecular weight excluding hydrogens is 366 g/mol. The molecule has 2 heterocycles. The van der Waals surface area contributed by atoms with Crippen molar-refractivity contribution >= 4 is 49.1 Å². The standard InChI is InChI=1S/C18H15N5O3S/c1-10-17(23(25)26)11(2)22(21-10)9-15(24)19-18-20-16-13-6-4-3-5-12(13)7-8-14(16)27-18/h3-8H,9H2,1-2H3,(H,19,20,24). The third-order valence-corrected chi connectivity index (χ3v) is 5.29. The van der Waals surface area contributed by atoms with Gasteiger partial charge in [-0.1, -0.05) is 41.7 Å². The van der Waals surface area contributed by atoms with Gasteiger partial charge in [0.05, 0.1) is 15.1 Å². The number of anilines is 1. The summed E-state index contributed by atoms with van der Waals surface area (Å²) in [7, 11) is 0. The summed E-state index contributed by atoms with van der Waals surface area (Å²) >= 11 is 1.39. The molecule has 0 spiro atoms. The lowest BCUT2D eigenvalue weighted by molar-refractivity contribution is -0.386. The van der Waals surface area contributed by atoms with Crippen molar-refractivity contribution in [3.05, 3.63) is 57.9 Å². The highest BCUT2D eigenvalue weighted by atomic mass is 32.1. The Balaban J connectivity index is 1.59. The number of benzene rings is 2. The van der Waals surface area contributed by atoms with Crippen LogP contribution in [0.15, 0.2) is 36.4 Å². The van der Waals surface area contributed by atoms with E-state index in [4.69, 9.17) is 0 Å². The highest BCUT2D eigenvalue weighted by molar-refractivity contribution is 7.22. The highest BCUT2D eigenvalue weighted by Crippen LogP contribution is 2.31. The number of nitrogens with one attached hydrogen (secondary N) is 1. The fourth-order valence-electron chi connectivity index (χ4n) is 3.12. The summed E-state index contributed by atoms with van der Waals surface area (Å²) in [6.07, 6.45) is 0. The Labute approximate surface area is 157 Å². The summed E-state index contributed by atoms with van der Waals surface area (Å²) in [4.78, 5) is 27.5. The summed E-state index contributed by atoms with van der Waals surface area (Å²) in [6.45, 7) is 3.02. The van der Waals surface area contributed by atoms with Gasteiger partial charge in [-0.25, -0.2) is 4.98 Å². The van der Waals surface area contributed by atoms with E-state index in [1.54, 1.807) is 13.8 Å². The number of fused-ring (bicyclic) bond motifs is 3. The first kappa shape index (κ1) is 17.1. The third kappa shape index (κ3) is 3.02.